The minimum atomic E-state index is -1.08. The van der Waals surface area contributed by atoms with Gasteiger partial charge in [0.2, 0.25) is 0 Å². The van der Waals surface area contributed by atoms with Gasteiger partial charge in [-0.15, -0.1) is 11.3 Å². The molecule has 0 spiro atoms. The maximum Gasteiger partial charge on any atom is 0.305 e. The first-order chi connectivity index (χ1) is 15.0. The molecule has 3 heterocycles. The maximum atomic E-state index is 15.5. The molecule has 1 aromatic heterocycles. The topological polar surface area (TPSA) is 68.8 Å². The molecule has 5 nitrogen and oxygen atoms in total. The number of hydrogen-bond acceptors (Lipinski definition) is 6. The van der Waals surface area contributed by atoms with Crippen molar-refractivity contribution in [2.24, 2.45) is 11.3 Å². The summed E-state index contributed by atoms with van der Waals surface area (Å²) in [6, 6.07) is 0. The molecule has 0 bridgehead atoms. The Morgan fingerprint density at radius 1 is 1.19 bits per heavy atom. The molecule has 0 N–H and O–H groups in total. The number of thiazole rings is 1. The van der Waals surface area contributed by atoms with Crippen molar-refractivity contribution >= 4 is 29.2 Å². The van der Waals surface area contributed by atoms with E-state index in [1.54, 1.807) is 0 Å². The highest BCUT2D eigenvalue weighted by atomic mass is 32.1. The number of nitrogens with zero attached hydrogens (tertiary/aromatic N) is 1. The predicted molar refractivity (Wildman–Crippen MR) is 124 cm³/mol. The molecule has 2 saturated heterocycles. The SMILES string of the molecule is Cc1nc(C=C(F)C23CCOC(=O)CCC(C)(C)C(=O)CCC(C)CCCC2(C)O3)cs1. The Morgan fingerprint density at radius 3 is 2.62 bits per heavy atom. The van der Waals surface area contributed by atoms with Crippen LogP contribution >= 0.6 is 11.3 Å². The van der Waals surface area contributed by atoms with E-state index in [1.807, 2.05) is 33.1 Å². The van der Waals surface area contributed by atoms with Crippen LogP contribution in [0.15, 0.2) is 11.2 Å². The Balaban J connectivity index is 1.76. The molecule has 0 aromatic carbocycles. The average Bonchev–Trinajstić information content (AvgIpc) is 3.10. The molecule has 7 heteroatoms. The van der Waals surface area contributed by atoms with Crippen LogP contribution in [0, 0.1) is 18.3 Å². The molecule has 2 aliphatic rings. The number of hydrogen-bond donors (Lipinski definition) is 0. The minimum absolute atomic E-state index is 0.0799. The summed E-state index contributed by atoms with van der Waals surface area (Å²) in [6.45, 7) is 9.86. The van der Waals surface area contributed by atoms with Crippen molar-refractivity contribution in [3.63, 3.8) is 0 Å². The van der Waals surface area contributed by atoms with Gasteiger partial charge >= 0.3 is 5.97 Å². The number of epoxide rings is 1. The Bertz CT molecular complexity index is 879. The zero-order valence-electron chi connectivity index (χ0n) is 20.0. The second-order valence-electron chi connectivity index (χ2n) is 10.3. The van der Waals surface area contributed by atoms with Gasteiger partial charge in [-0.3, -0.25) is 9.59 Å². The summed E-state index contributed by atoms with van der Waals surface area (Å²) in [5.74, 6) is -0.112. The third-order valence-corrected chi connectivity index (χ3v) is 7.94. The first-order valence-corrected chi connectivity index (χ1v) is 12.5. The lowest BCUT2D eigenvalue weighted by Crippen LogP contribution is -2.28. The van der Waals surface area contributed by atoms with Gasteiger partial charge in [-0.1, -0.05) is 33.6 Å². The minimum Gasteiger partial charge on any atom is -0.466 e. The fourth-order valence-electron chi connectivity index (χ4n) is 4.62. The predicted octanol–water partition coefficient (Wildman–Crippen LogP) is 6.20. The van der Waals surface area contributed by atoms with Crippen molar-refractivity contribution in [1.82, 2.24) is 4.98 Å². The van der Waals surface area contributed by atoms with Crippen LogP contribution in [0.1, 0.15) is 89.8 Å². The summed E-state index contributed by atoms with van der Waals surface area (Å²) in [4.78, 5) is 29.3. The standard InChI is InChI=1S/C25H36FNO4S/c1-17-7-6-11-24(5)25(31-24,20(26)15-19-16-32-18(2)27-19)13-14-30-22(29)10-12-23(3,4)21(28)9-8-17/h15-17H,6-14H2,1-5H3. The van der Waals surface area contributed by atoms with Gasteiger partial charge in [0.05, 0.1) is 17.3 Å². The largest absolute Gasteiger partial charge is 0.466 e. The number of rotatable bonds is 2. The van der Waals surface area contributed by atoms with E-state index in [9.17, 15) is 9.59 Å². The number of cyclic esters (lactones) is 1. The van der Waals surface area contributed by atoms with Crippen LogP contribution in [0.2, 0.25) is 0 Å². The highest BCUT2D eigenvalue weighted by Crippen LogP contribution is 2.58. The van der Waals surface area contributed by atoms with Gasteiger partial charge in [-0.05, 0) is 45.1 Å². The highest BCUT2D eigenvalue weighted by Gasteiger charge is 2.68. The average molecular weight is 466 g/mol. The van der Waals surface area contributed by atoms with Crippen molar-refractivity contribution in [2.75, 3.05) is 6.61 Å². The molecular formula is C25H36FNO4S. The number of ether oxygens (including phenoxy) is 2. The van der Waals surface area contributed by atoms with Crippen molar-refractivity contribution in [3.8, 4) is 0 Å². The van der Waals surface area contributed by atoms with E-state index >= 15 is 4.39 Å². The van der Waals surface area contributed by atoms with Crippen LogP contribution in [0.3, 0.4) is 0 Å². The molecule has 0 aliphatic carbocycles. The zero-order chi connectivity index (χ0) is 23.6. The van der Waals surface area contributed by atoms with E-state index in [1.165, 1.54) is 17.4 Å². The summed E-state index contributed by atoms with van der Waals surface area (Å²) in [7, 11) is 0. The molecule has 178 valence electrons. The maximum absolute atomic E-state index is 15.5. The summed E-state index contributed by atoms with van der Waals surface area (Å²) in [6.07, 6.45) is 6.25. The monoisotopic (exact) mass is 465 g/mol. The number of ketones is 1. The third kappa shape index (κ3) is 5.66. The van der Waals surface area contributed by atoms with E-state index in [0.717, 1.165) is 24.3 Å². The first kappa shape index (κ1) is 25.0. The van der Waals surface area contributed by atoms with Gasteiger partial charge in [0.25, 0.3) is 0 Å². The van der Waals surface area contributed by atoms with Crippen LogP contribution in [0.25, 0.3) is 6.08 Å². The number of aryl methyl sites for hydroxylation is 1. The Labute approximate surface area is 194 Å². The Kier molecular flexibility index (Phi) is 7.60. The van der Waals surface area contributed by atoms with Gasteiger partial charge < -0.3 is 9.47 Å². The van der Waals surface area contributed by atoms with Crippen LogP contribution in [0.4, 0.5) is 4.39 Å². The quantitative estimate of drug-likeness (QED) is 0.384. The fraction of sp³-hybridized carbons (Fsp3) is 0.720. The first-order valence-electron chi connectivity index (χ1n) is 11.7. The van der Waals surface area contributed by atoms with Crippen LogP contribution < -0.4 is 0 Å². The molecule has 2 aliphatic heterocycles. The Morgan fingerprint density at radius 2 is 1.94 bits per heavy atom. The molecule has 3 unspecified atom stereocenters. The highest BCUT2D eigenvalue weighted by molar-refractivity contribution is 7.09. The molecule has 3 rings (SSSR count). The molecule has 0 radical (unpaired) electrons. The van der Waals surface area contributed by atoms with Gasteiger partial charge in [-0.2, -0.15) is 0 Å². The summed E-state index contributed by atoms with van der Waals surface area (Å²) >= 11 is 1.48. The number of fused-ring (bicyclic) bond motifs is 1. The normalized spacial score (nSPS) is 32.8. The number of Topliss-reactive ketones (excluding diaryl/α,β-unsaturated/α-hetero) is 1. The van der Waals surface area contributed by atoms with Crippen LogP contribution in [-0.2, 0) is 19.1 Å². The number of esters is 1. The molecule has 0 amide bonds. The van der Waals surface area contributed by atoms with Gasteiger partial charge in [-0.25, -0.2) is 9.37 Å². The molecule has 1 aromatic rings. The molecule has 0 saturated carbocycles. The van der Waals surface area contributed by atoms with Crippen molar-refractivity contribution in [2.45, 2.75) is 97.2 Å². The summed E-state index contributed by atoms with van der Waals surface area (Å²) in [5, 5.41) is 2.70. The molecule has 2 fully saturated rings. The fourth-order valence-corrected chi connectivity index (χ4v) is 5.19. The Hall–Kier alpha value is -1.60. The lowest BCUT2D eigenvalue weighted by Gasteiger charge is -2.24. The lowest BCUT2D eigenvalue weighted by molar-refractivity contribution is -0.145. The molecular weight excluding hydrogens is 429 g/mol. The van der Waals surface area contributed by atoms with Gasteiger partial charge in [0, 0.05) is 30.1 Å². The smallest absolute Gasteiger partial charge is 0.305 e. The van der Waals surface area contributed by atoms with Crippen molar-refractivity contribution in [1.29, 1.82) is 0 Å². The van der Waals surface area contributed by atoms with Crippen LogP contribution in [-0.4, -0.2) is 34.5 Å². The van der Waals surface area contributed by atoms with Crippen molar-refractivity contribution in [3.05, 3.63) is 21.9 Å². The lowest BCUT2D eigenvalue weighted by atomic mass is 9.80. The van der Waals surface area contributed by atoms with E-state index in [0.29, 0.717) is 30.9 Å². The van der Waals surface area contributed by atoms with E-state index in [2.05, 4.69) is 11.9 Å². The van der Waals surface area contributed by atoms with Crippen LogP contribution in [0.5, 0.6) is 0 Å². The molecule has 3 atom stereocenters. The third-order valence-electron chi connectivity index (χ3n) is 7.15. The van der Waals surface area contributed by atoms with E-state index < -0.39 is 16.6 Å². The number of aromatic nitrogens is 1. The number of carbonyl (C=O) groups excluding carboxylic acids is 2. The van der Waals surface area contributed by atoms with Gasteiger partial charge in [0.1, 0.15) is 17.2 Å². The van der Waals surface area contributed by atoms with E-state index in [-0.39, 0.29) is 37.0 Å². The molecule has 32 heavy (non-hydrogen) atoms. The van der Waals surface area contributed by atoms with Gasteiger partial charge in [0.15, 0.2) is 5.60 Å². The van der Waals surface area contributed by atoms with E-state index in [4.69, 9.17) is 9.47 Å². The zero-order valence-corrected chi connectivity index (χ0v) is 20.8. The van der Waals surface area contributed by atoms with Crippen molar-refractivity contribution < 1.29 is 23.5 Å². The number of halogens is 1. The second kappa shape index (κ2) is 9.72. The summed E-state index contributed by atoms with van der Waals surface area (Å²) < 4.78 is 27.0. The number of carbonyl (C=O) groups is 2. The summed E-state index contributed by atoms with van der Waals surface area (Å²) in [5.41, 5.74) is -1.68. The second-order valence-corrected chi connectivity index (χ2v) is 11.3.